The van der Waals surface area contributed by atoms with Gasteiger partial charge in [0.1, 0.15) is 29.8 Å². The normalized spacial score (nSPS) is 18.1. The van der Waals surface area contributed by atoms with E-state index in [0.717, 1.165) is 12.8 Å². The lowest BCUT2D eigenvalue weighted by molar-refractivity contribution is -0.149. The van der Waals surface area contributed by atoms with Gasteiger partial charge in [-0.05, 0) is 25.5 Å². The Labute approximate surface area is 192 Å². The van der Waals surface area contributed by atoms with Crippen molar-refractivity contribution >= 4 is 12.1 Å². The first-order valence-corrected chi connectivity index (χ1v) is 11.0. The second kappa shape index (κ2) is 11.1. The molecule has 0 radical (unpaired) electrons. The van der Waals surface area contributed by atoms with Crippen molar-refractivity contribution < 1.29 is 28.9 Å². The zero-order chi connectivity index (χ0) is 24.0. The summed E-state index contributed by atoms with van der Waals surface area (Å²) in [5, 5.41) is 17.5. The summed E-state index contributed by atoms with van der Waals surface area (Å²) in [5.41, 5.74) is 2.33. The first kappa shape index (κ1) is 24.4. The molecule has 33 heavy (non-hydrogen) atoms. The minimum atomic E-state index is -0.888. The van der Waals surface area contributed by atoms with E-state index >= 15 is 0 Å². The van der Waals surface area contributed by atoms with Crippen LogP contribution in [0.1, 0.15) is 37.6 Å². The molecule has 1 aliphatic heterocycles. The van der Waals surface area contributed by atoms with Crippen molar-refractivity contribution in [1.29, 1.82) is 0 Å². The summed E-state index contributed by atoms with van der Waals surface area (Å²) in [4.78, 5) is 29.6. The van der Waals surface area contributed by atoms with Gasteiger partial charge in [-0.15, -0.1) is 5.10 Å². The van der Waals surface area contributed by atoms with Crippen LogP contribution in [0.2, 0.25) is 0 Å². The predicted octanol–water partition coefficient (Wildman–Crippen LogP) is 2.42. The van der Waals surface area contributed by atoms with Crippen LogP contribution in [-0.2, 0) is 27.9 Å². The topological polar surface area (TPSA) is 129 Å². The van der Waals surface area contributed by atoms with Gasteiger partial charge in [-0.25, -0.2) is 14.5 Å². The molecule has 1 N–H and O–H groups in total. The predicted molar refractivity (Wildman–Crippen MR) is 118 cm³/mol. The van der Waals surface area contributed by atoms with Gasteiger partial charge >= 0.3 is 12.1 Å². The van der Waals surface area contributed by atoms with Gasteiger partial charge < -0.3 is 24.2 Å². The molecule has 1 fully saturated rings. The summed E-state index contributed by atoms with van der Waals surface area (Å²) in [6.07, 6.45) is 1.51. The first-order chi connectivity index (χ1) is 15.8. The minimum Gasteiger partial charge on any atom is -0.486 e. The molecule has 0 spiro atoms. The first-order valence-electron chi connectivity index (χ1n) is 11.0. The van der Waals surface area contributed by atoms with Crippen LogP contribution in [0.25, 0.3) is 11.4 Å². The number of aromatic nitrogens is 4. The lowest BCUT2D eigenvalue weighted by atomic mass is 10.0. The number of nitrogens with zero attached hydrogens (tertiary/aromatic N) is 5. The fourth-order valence-corrected chi connectivity index (χ4v) is 3.50. The summed E-state index contributed by atoms with van der Waals surface area (Å²) >= 11 is 0. The Balaban J connectivity index is 1.68. The molecule has 3 rings (SSSR count). The molecular formula is C22H31N5O6. The number of hydrogen-bond acceptors (Lipinski definition) is 8. The highest BCUT2D eigenvalue weighted by Gasteiger charge is 2.29. The van der Waals surface area contributed by atoms with Crippen molar-refractivity contribution in [3.63, 3.8) is 0 Å². The van der Waals surface area contributed by atoms with Crippen LogP contribution in [-0.4, -0.2) is 75.0 Å². The SMILES string of the molecule is CCCCN(C)C(=O)OCc1c(-c2ccc(O[C@H]3COC[C@@H](C(=O)O)C3)c(C)n2)nnn1C. The van der Waals surface area contributed by atoms with Crippen LogP contribution in [0.5, 0.6) is 5.75 Å². The van der Waals surface area contributed by atoms with Crippen molar-refractivity contribution in [1.82, 2.24) is 24.9 Å². The number of ether oxygens (including phenoxy) is 3. The number of carbonyl (C=O) groups excluding carboxylic acids is 1. The Morgan fingerprint density at radius 1 is 1.33 bits per heavy atom. The molecular weight excluding hydrogens is 430 g/mol. The number of aryl methyl sites for hydroxylation is 2. The van der Waals surface area contributed by atoms with Crippen molar-refractivity contribution in [3.8, 4) is 17.1 Å². The highest BCUT2D eigenvalue weighted by molar-refractivity contribution is 5.70. The molecule has 2 aromatic rings. The summed E-state index contributed by atoms with van der Waals surface area (Å²) < 4.78 is 18.3. The fourth-order valence-electron chi connectivity index (χ4n) is 3.50. The quantitative estimate of drug-likeness (QED) is 0.598. The van der Waals surface area contributed by atoms with Gasteiger partial charge in [0.15, 0.2) is 0 Å². The smallest absolute Gasteiger partial charge is 0.409 e. The van der Waals surface area contributed by atoms with Crippen LogP contribution in [0, 0.1) is 12.8 Å². The van der Waals surface area contributed by atoms with E-state index in [2.05, 4.69) is 22.2 Å². The Morgan fingerprint density at radius 2 is 2.12 bits per heavy atom. The van der Waals surface area contributed by atoms with Gasteiger partial charge in [0.05, 0.1) is 30.5 Å². The molecule has 0 unspecified atom stereocenters. The molecule has 3 heterocycles. The van der Waals surface area contributed by atoms with E-state index in [1.165, 1.54) is 0 Å². The molecule has 11 nitrogen and oxygen atoms in total. The van der Waals surface area contributed by atoms with Crippen LogP contribution < -0.4 is 4.74 Å². The third kappa shape index (κ3) is 6.19. The number of carbonyl (C=O) groups is 2. The number of amides is 1. The Kier molecular flexibility index (Phi) is 8.21. The number of rotatable bonds is 9. The van der Waals surface area contributed by atoms with E-state index < -0.39 is 18.0 Å². The van der Waals surface area contributed by atoms with E-state index in [1.807, 2.05) is 0 Å². The Bertz CT molecular complexity index is 978. The Morgan fingerprint density at radius 3 is 2.82 bits per heavy atom. The average molecular weight is 462 g/mol. The van der Waals surface area contributed by atoms with Crippen molar-refractivity contribution in [2.24, 2.45) is 13.0 Å². The van der Waals surface area contributed by atoms with Gasteiger partial charge in [0, 0.05) is 27.1 Å². The third-order valence-electron chi connectivity index (χ3n) is 5.53. The van der Waals surface area contributed by atoms with E-state index in [0.29, 0.717) is 48.1 Å². The molecule has 1 amide bonds. The standard InChI is InChI=1S/C22H31N5O6/c1-5-6-9-26(3)22(30)32-13-18-20(24-25-27(18)4)17-7-8-19(14(2)23-17)33-16-10-15(21(28)29)11-31-12-16/h7-8,15-16H,5-6,9-13H2,1-4H3,(H,28,29)/t15-,16+/m0/s1. The molecule has 0 aromatic carbocycles. The lowest BCUT2D eigenvalue weighted by Crippen LogP contribution is -2.37. The maximum atomic E-state index is 12.2. The van der Waals surface area contributed by atoms with Crippen LogP contribution in [0.15, 0.2) is 12.1 Å². The van der Waals surface area contributed by atoms with E-state index in [9.17, 15) is 14.7 Å². The van der Waals surface area contributed by atoms with Gasteiger partial charge in [0.2, 0.25) is 0 Å². The number of unbranched alkanes of at least 4 members (excludes halogenated alkanes) is 1. The molecule has 2 aromatic heterocycles. The van der Waals surface area contributed by atoms with Gasteiger partial charge in [-0.1, -0.05) is 18.6 Å². The van der Waals surface area contributed by atoms with Gasteiger partial charge in [0.25, 0.3) is 0 Å². The summed E-state index contributed by atoms with van der Waals surface area (Å²) in [5.74, 6) is -0.920. The molecule has 1 aliphatic rings. The Hall–Kier alpha value is -3.21. The maximum Gasteiger partial charge on any atom is 0.409 e. The van der Waals surface area contributed by atoms with Crippen LogP contribution in [0.3, 0.4) is 0 Å². The molecule has 0 saturated carbocycles. The maximum absolute atomic E-state index is 12.2. The molecule has 1 saturated heterocycles. The molecule has 0 aliphatic carbocycles. The number of carboxylic acid groups (broad SMARTS) is 1. The molecule has 2 atom stereocenters. The largest absolute Gasteiger partial charge is 0.486 e. The number of pyridine rings is 1. The number of aliphatic carboxylic acids is 1. The monoisotopic (exact) mass is 461 g/mol. The highest BCUT2D eigenvalue weighted by atomic mass is 16.6. The average Bonchev–Trinajstić information content (AvgIpc) is 3.17. The second-order valence-electron chi connectivity index (χ2n) is 8.17. The molecule has 0 bridgehead atoms. The summed E-state index contributed by atoms with van der Waals surface area (Å²) in [6.45, 7) is 5.04. The lowest BCUT2D eigenvalue weighted by Gasteiger charge is -2.27. The molecule has 11 heteroatoms. The van der Waals surface area contributed by atoms with E-state index in [-0.39, 0.29) is 19.3 Å². The molecule has 180 valence electrons. The number of hydrogen-bond donors (Lipinski definition) is 1. The zero-order valence-corrected chi connectivity index (χ0v) is 19.5. The van der Waals surface area contributed by atoms with E-state index in [4.69, 9.17) is 14.2 Å². The minimum absolute atomic E-state index is 0.0170. The highest BCUT2D eigenvalue weighted by Crippen LogP contribution is 2.27. The van der Waals surface area contributed by atoms with Crippen molar-refractivity contribution in [3.05, 3.63) is 23.5 Å². The van der Waals surface area contributed by atoms with E-state index in [1.54, 1.807) is 42.7 Å². The fraction of sp³-hybridized carbons (Fsp3) is 0.591. The third-order valence-corrected chi connectivity index (χ3v) is 5.53. The zero-order valence-electron chi connectivity index (χ0n) is 19.5. The van der Waals surface area contributed by atoms with Gasteiger partial charge in [-0.2, -0.15) is 0 Å². The van der Waals surface area contributed by atoms with Crippen molar-refractivity contribution in [2.45, 2.75) is 45.8 Å². The van der Waals surface area contributed by atoms with Crippen molar-refractivity contribution in [2.75, 3.05) is 26.8 Å². The van der Waals surface area contributed by atoms with Crippen LogP contribution in [0.4, 0.5) is 4.79 Å². The van der Waals surface area contributed by atoms with Crippen LogP contribution >= 0.6 is 0 Å². The summed E-state index contributed by atoms with van der Waals surface area (Å²) in [6, 6.07) is 3.52. The van der Waals surface area contributed by atoms with Gasteiger partial charge in [-0.3, -0.25) is 4.79 Å². The summed E-state index contributed by atoms with van der Waals surface area (Å²) in [7, 11) is 3.44. The number of carboxylic acids is 1. The second-order valence-corrected chi connectivity index (χ2v) is 8.17.